The number of aryl methyl sites for hydroxylation is 1. The lowest BCUT2D eigenvalue weighted by Gasteiger charge is -2.07. The Bertz CT molecular complexity index is 441. The maximum atomic E-state index is 11.6. The summed E-state index contributed by atoms with van der Waals surface area (Å²) in [6, 6.07) is 8.02. The van der Waals surface area contributed by atoms with Gasteiger partial charge in [0.2, 0.25) is 0 Å². The minimum absolute atomic E-state index is 0.381. The third-order valence-electron chi connectivity index (χ3n) is 3.41. The van der Waals surface area contributed by atoms with Crippen LogP contribution in [0.3, 0.4) is 0 Å². The second-order valence-electron chi connectivity index (χ2n) is 5.17. The van der Waals surface area contributed by atoms with Crippen LogP contribution in [0.4, 0.5) is 0 Å². The summed E-state index contributed by atoms with van der Waals surface area (Å²) in [6.45, 7) is 5.18. The lowest BCUT2D eigenvalue weighted by Crippen LogP contribution is -2.39. The second kappa shape index (κ2) is 9.97. The van der Waals surface area contributed by atoms with Crippen molar-refractivity contribution in [3.8, 4) is 0 Å². The van der Waals surface area contributed by atoms with Gasteiger partial charge in [0.05, 0.1) is 0 Å². The van der Waals surface area contributed by atoms with Crippen molar-refractivity contribution in [1.82, 2.24) is 10.6 Å². The topological polar surface area (TPSA) is 58.2 Å². The average Bonchev–Trinajstić information content (AvgIpc) is 2.52. The third-order valence-corrected chi connectivity index (χ3v) is 3.41. The number of carbonyl (C=O) groups is 2. The molecule has 0 heterocycles. The third kappa shape index (κ3) is 6.93. The first-order valence-electron chi connectivity index (χ1n) is 7.81. The Labute approximate surface area is 127 Å². The average molecular weight is 290 g/mol. The van der Waals surface area contributed by atoms with Crippen LogP contribution in [0.1, 0.15) is 50.7 Å². The zero-order valence-electron chi connectivity index (χ0n) is 13.1. The Morgan fingerprint density at radius 1 is 0.857 bits per heavy atom. The first kappa shape index (κ1) is 17.2. The minimum Gasteiger partial charge on any atom is -0.348 e. The van der Waals surface area contributed by atoms with E-state index >= 15 is 0 Å². The quantitative estimate of drug-likeness (QED) is 0.571. The van der Waals surface area contributed by atoms with Crippen molar-refractivity contribution in [2.75, 3.05) is 6.54 Å². The van der Waals surface area contributed by atoms with Gasteiger partial charge < -0.3 is 10.6 Å². The smallest absolute Gasteiger partial charge is 0.309 e. The highest BCUT2D eigenvalue weighted by Gasteiger charge is 2.11. The Hall–Kier alpha value is -1.84. The molecule has 0 spiro atoms. The zero-order chi connectivity index (χ0) is 15.5. The molecular weight excluding hydrogens is 264 g/mol. The Kier molecular flexibility index (Phi) is 8.17. The Balaban J connectivity index is 2.24. The van der Waals surface area contributed by atoms with Gasteiger partial charge in [-0.15, -0.1) is 0 Å². The van der Waals surface area contributed by atoms with Crippen molar-refractivity contribution >= 4 is 11.8 Å². The zero-order valence-corrected chi connectivity index (χ0v) is 13.1. The number of hydrogen-bond donors (Lipinski definition) is 2. The molecule has 2 amide bonds. The molecule has 0 radical (unpaired) electrons. The van der Waals surface area contributed by atoms with E-state index in [-0.39, 0.29) is 0 Å². The summed E-state index contributed by atoms with van der Waals surface area (Å²) in [5, 5.41) is 5.28. The summed E-state index contributed by atoms with van der Waals surface area (Å²) in [5.41, 5.74) is 2.26. The molecule has 116 valence electrons. The molecule has 0 aliphatic rings. The van der Waals surface area contributed by atoms with Crippen LogP contribution in [0.15, 0.2) is 24.3 Å². The van der Waals surface area contributed by atoms with Crippen molar-refractivity contribution in [3.05, 3.63) is 35.4 Å². The fraction of sp³-hybridized carbons (Fsp3) is 0.529. The van der Waals surface area contributed by atoms with Crippen molar-refractivity contribution in [1.29, 1.82) is 0 Å². The van der Waals surface area contributed by atoms with E-state index in [1.807, 2.05) is 24.3 Å². The standard InChI is InChI=1S/C17H26N2O2/c1-3-5-6-7-12-18-16(20)17(21)19-13-15-10-8-14(4-2)9-11-15/h8-11H,3-7,12-13H2,1-2H3,(H,18,20)(H,19,21). The maximum Gasteiger partial charge on any atom is 0.309 e. The van der Waals surface area contributed by atoms with Crippen molar-refractivity contribution < 1.29 is 9.59 Å². The number of hydrogen-bond acceptors (Lipinski definition) is 2. The van der Waals surface area contributed by atoms with Gasteiger partial charge in [-0.1, -0.05) is 57.4 Å². The lowest BCUT2D eigenvalue weighted by molar-refractivity contribution is -0.139. The monoisotopic (exact) mass is 290 g/mol. The number of benzene rings is 1. The summed E-state index contributed by atoms with van der Waals surface area (Å²) < 4.78 is 0. The van der Waals surface area contributed by atoms with Gasteiger partial charge in [0.15, 0.2) is 0 Å². The van der Waals surface area contributed by atoms with Crippen LogP contribution in [0.25, 0.3) is 0 Å². The highest BCUT2D eigenvalue weighted by Crippen LogP contribution is 2.04. The van der Waals surface area contributed by atoms with Gasteiger partial charge in [-0.2, -0.15) is 0 Å². The highest BCUT2D eigenvalue weighted by atomic mass is 16.2. The van der Waals surface area contributed by atoms with E-state index in [1.165, 1.54) is 5.56 Å². The molecule has 1 aromatic carbocycles. The molecule has 0 saturated heterocycles. The molecular formula is C17H26N2O2. The predicted molar refractivity (Wildman–Crippen MR) is 84.8 cm³/mol. The van der Waals surface area contributed by atoms with Crippen LogP contribution >= 0.6 is 0 Å². The summed E-state index contributed by atoms with van der Waals surface area (Å²) in [7, 11) is 0. The molecule has 0 aliphatic carbocycles. The Morgan fingerprint density at radius 3 is 2.10 bits per heavy atom. The van der Waals surface area contributed by atoms with Crippen molar-refractivity contribution in [2.24, 2.45) is 0 Å². The molecule has 0 fully saturated rings. The summed E-state index contributed by atoms with van der Waals surface area (Å²) in [4.78, 5) is 23.2. The molecule has 0 atom stereocenters. The molecule has 1 aromatic rings. The summed E-state index contributed by atoms with van der Waals surface area (Å²) >= 11 is 0. The molecule has 0 aromatic heterocycles. The number of unbranched alkanes of at least 4 members (excludes halogenated alkanes) is 3. The van der Waals surface area contributed by atoms with Crippen LogP contribution in [-0.2, 0) is 22.6 Å². The van der Waals surface area contributed by atoms with E-state index in [0.717, 1.165) is 37.7 Å². The molecule has 0 aliphatic heterocycles. The van der Waals surface area contributed by atoms with Gasteiger partial charge in [0.25, 0.3) is 0 Å². The van der Waals surface area contributed by atoms with E-state index in [9.17, 15) is 9.59 Å². The number of carbonyl (C=O) groups excluding carboxylic acids is 2. The van der Waals surface area contributed by atoms with Gasteiger partial charge >= 0.3 is 11.8 Å². The number of nitrogens with one attached hydrogen (secondary N) is 2. The highest BCUT2D eigenvalue weighted by molar-refractivity contribution is 6.35. The molecule has 2 N–H and O–H groups in total. The fourth-order valence-electron chi connectivity index (χ4n) is 1.99. The van der Waals surface area contributed by atoms with Crippen LogP contribution in [0.5, 0.6) is 0 Å². The van der Waals surface area contributed by atoms with Crippen LogP contribution in [0, 0.1) is 0 Å². The molecule has 0 unspecified atom stereocenters. The molecule has 21 heavy (non-hydrogen) atoms. The van der Waals surface area contributed by atoms with E-state index in [2.05, 4.69) is 24.5 Å². The normalized spacial score (nSPS) is 10.2. The fourth-order valence-corrected chi connectivity index (χ4v) is 1.99. The predicted octanol–water partition coefficient (Wildman–Crippen LogP) is 2.56. The summed E-state index contributed by atoms with van der Waals surface area (Å²) in [6.07, 6.45) is 5.32. The maximum absolute atomic E-state index is 11.6. The lowest BCUT2D eigenvalue weighted by atomic mass is 10.1. The van der Waals surface area contributed by atoms with Crippen LogP contribution in [-0.4, -0.2) is 18.4 Å². The van der Waals surface area contributed by atoms with E-state index in [4.69, 9.17) is 0 Å². The molecule has 4 heteroatoms. The van der Waals surface area contributed by atoms with Crippen LogP contribution < -0.4 is 10.6 Å². The van der Waals surface area contributed by atoms with E-state index in [1.54, 1.807) is 0 Å². The molecule has 0 saturated carbocycles. The van der Waals surface area contributed by atoms with Gasteiger partial charge in [-0.25, -0.2) is 0 Å². The number of amides is 2. The largest absolute Gasteiger partial charge is 0.348 e. The molecule has 0 bridgehead atoms. The van der Waals surface area contributed by atoms with Gasteiger partial charge in [-0.3, -0.25) is 9.59 Å². The first-order chi connectivity index (χ1) is 10.2. The van der Waals surface area contributed by atoms with Gasteiger partial charge in [0.1, 0.15) is 0 Å². The van der Waals surface area contributed by atoms with Gasteiger partial charge in [0, 0.05) is 13.1 Å². The van der Waals surface area contributed by atoms with E-state index in [0.29, 0.717) is 13.1 Å². The second-order valence-corrected chi connectivity index (χ2v) is 5.17. The molecule has 1 rings (SSSR count). The minimum atomic E-state index is -0.565. The van der Waals surface area contributed by atoms with Crippen molar-refractivity contribution in [2.45, 2.75) is 52.5 Å². The van der Waals surface area contributed by atoms with Crippen molar-refractivity contribution in [3.63, 3.8) is 0 Å². The first-order valence-corrected chi connectivity index (χ1v) is 7.81. The molecule has 4 nitrogen and oxygen atoms in total. The number of rotatable bonds is 8. The van der Waals surface area contributed by atoms with Gasteiger partial charge in [-0.05, 0) is 24.0 Å². The van der Waals surface area contributed by atoms with Crippen LogP contribution in [0.2, 0.25) is 0 Å². The summed E-state index contributed by atoms with van der Waals surface area (Å²) in [5.74, 6) is -1.11. The van der Waals surface area contributed by atoms with E-state index < -0.39 is 11.8 Å². The SMILES string of the molecule is CCCCCCNC(=O)C(=O)NCc1ccc(CC)cc1. The Morgan fingerprint density at radius 2 is 1.48 bits per heavy atom.